The zero-order chi connectivity index (χ0) is 10.8. The molecule has 0 aliphatic carbocycles. The van der Waals surface area contributed by atoms with E-state index in [0.717, 1.165) is 10.7 Å². The van der Waals surface area contributed by atoms with Crippen LogP contribution in [0, 0.1) is 17.1 Å². The van der Waals surface area contributed by atoms with E-state index >= 15 is 0 Å². The Kier molecular flexibility index (Phi) is 2.31. The van der Waals surface area contributed by atoms with E-state index in [1.807, 2.05) is 0 Å². The van der Waals surface area contributed by atoms with Gasteiger partial charge < -0.3 is 0 Å². The third-order valence-corrected chi connectivity index (χ3v) is 1.80. The summed E-state index contributed by atoms with van der Waals surface area (Å²) in [6, 6.07) is 2.84. The predicted molar refractivity (Wildman–Crippen MR) is 48.8 cm³/mol. The van der Waals surface area contributed by atoms with E-state index in [1.54, 1.807) is 6.07 Å². The molecule has 2 rings (SSSR count). The Balaban J connectivity index is 2.50. The molecule has 0 spiro atoms. The van der Waals surface area contributed by atoms with E-state index < -0.39 is 5.82 Å². The highest BCUT2D eigenvalue weighted by atomic mass is 35.5. The number of pyridine rings is 1. The highest BCUT2D eigenvalue weighted by Crippen LogP contribution is 2.14. The van der Waals surface area contributed by atoms with E-state index in [0.29, 0.717) is 0 Å². The molecule has 0 saturated carbocycles. The van der Waals surface area contributed by atoms with Crippen LogP contribution in [0.15, 0.2) is 18.6 Å². The lowest BCUT2D eigenvalue weighted by Crippen LogP contribution is -2.01. The summed E-state index contributed by atoms with van der Waals surface area (Å²) in [7, 11) is 0. The molecule has 15 heavy (non-hydrogen) atoms. The monoisotopic (exact) mass is 223 g/mol. The lowest BCUT2D eigenvalue weighted by atomic mass is 10.4. The van der Waals surface area contributed by atoms with Crippen molar-refractivity contribution < 1.29 is 4.39 Å². The highest BCUT2D eigenvalue weighted by molar-refractivity contribution is 6.30. The molecule has 5 nitrogen and oxygen atoms in total. The average Bonchev–Trinajstić information content (AvgIpc) is 2.66. The summed E-state index contributed by atoms with van der Waals surface area (Å²) in [6.07, 6.45) is 2.49. The first-order valence-corrected chi connectivity index (χ1v) is 4.21. The molecule has 0 N–H and O–H groups in total. The van der Waals surface area contributed by atoms with E-state index in [1.165, 1.54) is 12.5 Å². The molecular formula is C8H3ClFN5. The van der Waals surface area contributed by atoms with Gasteiger partial charge >= 0.3 is 0 Å². The van der Waals surface area contributed by atoms with Crippen molar-refractivity contribution >= 4 is 11.6 Å². The first kappa shape index (κ1) is 9.55. The second-order valence-corrected chi connectivity index (χ2v) is 3.02. The van der Waals surface area contributed by atoms with Crippen LogP contribution in [-0.2, 0) is 0 Å². The van der Waals surface area contributed by atoms with Gasteiger partial charge in [0.2, 0.25) is 0 Å². The van der Waals surface area contributed by atoms with E-state index in [-0.39, 0.29) is 16.7 Å². The molecule has 0 aliphatic heterocycles. The average molecular weight is 224 g/mol. The van der Waals surface area contributed by atoms with Crippen LogP contribution in [0.3, 0.4) is 0 Å². The number of rotatable bonds is 1. The molecule has 0 saturated heterocycles. The maximum atomic E-state index is 13.3. The minimum Gasteiger partial charge on any atom is -0.233 e. The minimum atomic E-state index is -0.628. The maximum Gasteiger partial charge on any atom is 0.252 e. The SMILES string of the molecule is N#Cc1ncn(-c2ncc(Cl)cc2F)n1. The Morgan fingerprint density at radius 3 is 2.87 bits per heavy atom. The lowest BCUT2D eigenvalue weighted by molar-refractivity contribution is 0.600. The number of nitrogens with zero attached hydrogens (tertiary/aromatic N) is 5. The van der Waals surface area contributed by atoms with Gasteiger partial charge in [-0.15, -0.1) is 5.10 Å². The van der Waals surface area contributed by atoms with Gasteiger partial charge in [-0.05, 0) is 6.07 Å². The summed E-state index contributed by atoms with van der Waals surface area (Å²) in [6.45, 7) is 0. The molecule has 0 bridgehead atoms. The quantitative estimate of drug-likeness (QED) is 0.731. The number of hydrogen-bond donors (Lipinski definition) is 0. The van der Waals surface area contributed by atoms with Crippen molar-refractivity contribution in [1.82, 2.24) is 19.7 Å². The van der Waals surface area contributed by atoms with Gasteiger partial charge in [-0.2, -0.15) is 9.94 Å². The van der Waals surface area contributed by atoms with E-state index in [9.17, 15) is 4.39 Å². The minimum absolute atomic E-state index is 0.0478. The van der Waals surface area contributed by atoms with Gasteiger partial charge in [-0.3, -0.25) is 0 Å². The molecule has 0 unspecified atom stereocenters. The number of hydrogen-bond acceptors (Lipinski definition) is 4. The van der Waals surface area contributed by atoms with Crippen molar-refractivity contribution in [3.63, 3.8) is 0 Å². The topological polar surface area (TPSA) is 67.4 Å². The molecule has 0 amide bonds. The van der Waals surface area contributed by atoms with Gasteiger partial charge in [-0.25, -0.2) is 14.4 Å². The fraction of sp³-hybridized carbons (Fsp3) is 0. The Bertz CT molecular complexity index is 544. The second kappa shape index (κ2) is 3.63. The van der Waals surface area contributed by atoms with Gasteiger partial charge in [0.25, 0.3) is 5.82 Å². The Labute approximate surface area is 88.8 Å². The molecular weight excluding hydrogens is 221 g/mol. The van der Waals surface area contributed by atoms with Gasteiger partial charge in [0.05, 0.1) is 5.02 Å². The van der Waals surface area contributed by atoms with Crippen molar-refractivity contribution in [2.24, 2.45) is 0 Å². The first-order valence-electron chi connectivity index (χ1n) is 3.84. The molecule has 0 atom stereocenters. The fourth-order valence-electron chi connectivity index (χ4n) is 0.992. The van der Waals surface area contributed by atoms with Gasteiger partial charge in [0.1, 0.15) is 12.4 Å². The van der Waals surface area contributed by atoms with Crippen molar-refractivity contribution in [1.29, 1.82) is 5.26 Å². The molecule has 2 aromatic heterocycles. The maximum absolute atomic E-state index is 13.3. The molecule has 74 valence electrons. The summed E-state index contributed by atoms with van der Waals surface area (Å²) >= 11 is 5.54. The van der Waals surface area contributed by atoms with Crippen LogP contribution < -0.4 is 0 Å². The summed E-state index contributed by atoms with van der Waals surface area (Å²) in [5, 5.41) is 12.4. The predicted octanol–water partition coefficient (Wildman–Crippen LogP) is 1.33. The normalized spacial score (nSPS) is 9.93. The highest BCUT2D eigenvalue weighted by Gasteiger charge is 2.09. The van der Waals surface area contributed by atoms with Crippen LogP contribution in [0.2, 0.25) is 5.02 Å². The third-order valence-electron chi connectivity index (χ3n) is 1.60. The Morgan fingerprint density at radius 1 is 1.47 bits per heavy atom. The Hall–Kier alpha value is -2.00. The van der Waals surface area contributed by atoms with E-state index in [2.05, 4.69) is 15.1 Å². The molecule has 7 heteroatoms. The molecule has 2 aromatic rings. The summed E-state index contributed by atoms with van der Waals surface area (Å²) in [4.78, 5) is 7.37. The van der Waals surface area contributed by atoms with E-state index in [4.69, 9.17) is 16.9 Å². The Morgan fingerprint density at radius 2 is 2.27 bits per heavy atom. The van der Waals surface area contributed by atoms with Gasteiger partial charge in [-0.1, -0.05) is 11.6 Å². The van der Waals surface area contributed by atoms with Crippen molar-refractivity contribution in [2.75, 3.05) is 0 Å². The van der Waals surface area contributed by atoms with Crippen LogP contribution in [0.5, 0.6) is 0 Å². The zero-order valence-corrected chi connectivity index (χ0v) is 7.98. The van der Waals surface area contributed by atoms with Gasteiger partial charge in [0, 0.05) is 6.20 Å². The van der Waals surface area contributed by atoms with Crippen LogP contribution in [0.25, 0.3) is 5.82 Å². The molecule has 0 fully saturated rings. The second-order valence-electron chi connectivity index (χ2n) is 2.58. The van der Waals surface area contributed by atoms with Crippen molar-refractivity contribution in [3.05, 3.63) is 35.3 Å². The first-order chi connectivity index (χ1) is 7.20. The van der Waals surface area contributed by atoms with Gasteiger partial charge in [0.15, 0.2) is 11.6 Å². The van der Waals surface area contributed by atoms with Crippen molar-refractivity contribution in [3.8, 4) is 11.9 Å². The largest absolute Gasteiger partial charge is 0.252 e. The molecule has 0 radical (unpaired) electrons. The smallest absolute Gasteiger partial charge is 0.233 e. The lowest BCUT2D eigenvalue weighted by Gasteiger charge is -2.00. The third kappa shape index (κ3) is 1.78. The van der Waals surface area contributed by atoms with Crippen LogP contribution in [-0.4, -0.2) is 19.7 Å². The summed E-state index contributed by atoms with van der Waals surface area (Å²) < 4.78 is 14.4. The molecule has 0 aliphatic rings. The fourth-order valence-corrected chi connectivity index (χ4v) is 1.14. The molecule has 2 heterocycles. The number of halogens is 2. The zero-order valence-electron chi connectivity index (χ0n) is 7.22. The van der Waals surface area contributed by atoms with Crippen LogP contribution in [0.1, 0.15) is 5.82 Å². The van der Waals surface area contributed by atoms with Crippen molar-refractivity contribution in [2.45, 2.75) is 0 Å². The standard InChI is InChI=1S/C8H3ClFN5/c9-5-1-6(10)8(12-3-5)15-4-13-7(2-11)14-15/h1,3-4H. The number of aromatic nitrogens is 4. The van der Waals surface area contributed by atoms with Crippen LogP contribution >= 0.6 is 11.6 Å². The van der Waals surface area contributed by atoms with Crippen LogP contribution in [0.4, 0.5) is 4.39 Å². The summed E-state index contributed by atoms with van der Waals surface area (Å²) in [5.74, 6) is -0.726. The number of nitriles is 1. The molecule has 0 aromatic carbocycles. The summed E-state index contributed by atoms with van der Waals surface area (Å²) in [5.41, 5.74) is 0.